The van der Waals surface area contributed by atoms with Crippen molar-refractivity contribution in [3.05, 3.63) is 58.6 Å². The zero-order valence-corrected chi connectivity index (χ0v) is 14.3. The molecule has 0 radical (unpaired) electrons. The van der Waals surface area contributed by atoms with E-state index in [0.717, 1.165) is 28.9 Å². The molecule has 2 aromatic rings. The quantitative estimate of drug-likeness (QED) is 0.918. The standard InChI is InChI=1S/C19H19ClN2O2/c1-13(23)22-10-9-15-6-7-17(12-18(15)22)21-19(24)8-5-14-3-2-4-16(20)11-14/h2-4,6-7,11-12H,5,8-10H2,1H3,(H,21,24). The number of carbonyl (C=O) groups is 2. The number of fused-ring (bicyclic) bond motifs is 1. The molecular formula is C19H19ClN2O2. The highest BCUT2D eigenvalue weighted by molar-refractivity contribution is 6.30. The van der Waals surface area contributed by atoms with Gasteiger partial charge in [-0.2, -0.15) is 0 Å². The predicted molar refractivity (Wildman–Crippen MR) is 96.6 cm³/mol. The van der Waals surface area contributed by atoms with Crippen molar-refractivity contribution in [3.63, 3.8) is 0 Å². The Bertz CT molecular complexity index is 789. The predicted octanol–water partition coefficient (Wildman–Crippen LogP) is 3.82. The molecule has 0 saturated heterocycles. The van der Waals surface area contributed by atoms with Crippen molar-refractivity contribution in [3.8, 4) is 0 Å². The van der Waals surface area contributed by atoms with Crippen LogP contribution < -0.4 is 10.2 Å². The van der Waals surface area contributed by atoms with Gasteiger partial charge in [0.2, 0.25) is 11.8 Å². The van der Waals surface area contributed by atoms with E-state index in [4.69, 9.17) is 11.6 Å². The first-order chi connectivity index (χ1) is 11.5. The Balaban J connectivity index is 1.63. The van der Waals surface area contributed by atoms with Gasteiger partial charge in [-0.1, -0.05) is 29.8 Å². The molecule has 3 rings (SSSR count). The lowest BCUT2D eigenvalue weighted by molar-refractivity contribution is -0.117. The molecule has 124 valence electrons. The smallest absolute Gasteiger partial charge is 0.224 e. The molecule has 0 unspecified atom stereocenters. The van der Waals surface area contributed by atoms with Crippen LogP contribution >= 0.6 is 11.6 Å². The van der Waals surface area contributed by atoms with Gasteiger partial charge in [0, 0.05) is 36.3 Å². The van der Waals surface area contributed by atoms with E-state index in [-0.39, 0.29) is 11.8 Å². The molecule has 0 fully saturated rings. The summed E-state index contributed by atoms with van der Waals surface area (Å²) in [6, 6.07) is 13.3. The van der Waals surface area contributed by atoms with Gasteiger partial charge in [0.1, 0.15) is 0 Å². The van der Waals surface area contributed by atoms with Crippen molar-refractivity contribution in [1.29, 1.82) is 0 Å². The molecule has 24 heavy (non-hydrogen) atoms. The Morgan fingerprint density at radius 1 is 1.21 bits per heavy atom. The van der Waals surface area contributed by atoms with Crippen molar-refractivity contribution in [2.24, 2.45) is 0 Å². The van der Waals surface area contributed by atoms with Crippen molar-refractivity contribution < 1.29 is 9.59 Å². The van der Waals surface area contributed by atoms with Crippen LogP contribution in [-0.2, 0) is 22.4 Å². The van der Waals surface area contributed by atoms with Gasteiger partial charge in [-0.15, -0.1) is 0 Å². The van der Waals surface area contributed by atoms with Crippen LogP contribution in [0.4, 0.5) is 11.4 Å². The number of hydrogen-bond acceptors (Lipinski definition) is 2. The van der Waals surface area contributed by atoms with E-state index < -0.39 is 0 Å². The van der Waals surface area contributed by atoms with E-state index in [1.807, 2.05) is 42.5 Å². The molecule has 2 aromatic carbocycles. The van der Waals surface area contributed by atoms with Gasteiger partial charge in [-0.25, -0.2) is 0 Å². The van der Waals surface area contributed by atoms with E-state index in [1.165, 1.54) is 0 Å². The van der Waals surface area contributed by atoms with E-state index in [0.29, 0.717) is 24.4 Å². The number of rotatable bonds is 4. The summed E-state index contributed by atoms with van der Waals surface area (Å²) in [7, 11) is 0. The average molecular weight is 343 g/mol. The van der Waals surface area contributed by atoms with Crippen LogP contribution in [0, 0.1) is 0 Å². The van der Waals surface area contributed by atoms with Gasteiger partial charge in [0.25, 0.3) is 0 Å². The van der Waals surface area contributed by atoms with E-state index in [1.54, 1.807) is 11.8 Å². The van der Waals surface area contributed by atoms with Crippen LogP contribution in [0.25, 0.3) is 0 Å². The summed E-state index contributed by atoms with van der Waals surface area (Å²) in [5.74, 6) is -0.0273. The minimum absolute atomic E-state index is 0.0261. The third-order valence-corrected chi connectivity index (χ3v) is 4.41. The van der Waals surface area contributed by atoms with Crippen molar-refractivity contribution in [1.82, 2.24) is 0 Å². The first kappa shape index (κ1) is 16.5. The fourth-order valence-corrected chi connectivity index (χ4v) is 3.17. The lowest BCUT2D eigenvalue weighted by Gasteiger charge is -2.16. The molecule has 1 N–H and O–H groups in total. The number of benzene rings is 2. The van der Waals surface area contributed by atoms with Crippen LogP contribution in [0.1, 0.15) is 24.5 Å². The third kappa shape index (κ3) is 3.77. The summed E-state index contributed by atoms with van der Waals surface area (Å²) in [5, 5.41) is 3.58. The number of nitrogens with zero attached hydrogens (tertiary/aromatic N) is 1. The Labute approximate surface area is 146 Å². The number of hydrogen-bond donors (Lipinski definition) is 1. The molecule has 2 amide bonds. The van der Waals surface area contributed by atoms with Crippen LogP contribution in [-0.4, -0.2) is 18.4 Å². The minimum Gasteiger partial charge on any atom is -0.326 e. The second-order valence-corrected chi connectivity index (χ2v) is 6.38. The summed E-state index contributed by atoms with van der Waals surface area (Å²) in [6.45, 7) is 2.27. The van der Waals surface area contributed by atoms with Gasteiger partial charge < -0.3 is 10.2 Å². The van der Waals surface area contributed by atoms with E-state index in [2.05, 4.69) is 5.32 Å². The minimum atomic E-state index is -0.0534. The van der Waals surface area contributed by atoms with Crippen molar-refractivity contribution >= 4 is 34.8 Å². The number of halogens is 1. The number of amides is 2. The summed E-state index contributed by atoms with van der Waals surface area (Å²) in [6.07, 6.45) is 1.88. The highest BCUT2D eigenvalue weighted by Gasteiger charge is 2.22. The number of carbonyl (C=O) groups excluding carboxylic acids is 2. The molecule has 1 aliphatic rings. The van der Waals surface area contributed by atoms with Crippen molar-refractivity contribution in [2.75, 3.05) is 16.8 Å². The summed E-state index contributed by atoms with van der Waals surface area (Å²) in [5.41, 5.74) is 3.80. The normalized spacial score (nSPS) is 12.8. The van der Waals surface area contributed by atoms with Crippen LogP contribution in [0.15, 0.2) is 42.5 Å². The molecule has 0 bridgehead atoms. The Hall–Kier alpha value is -2.33. The lowest BCUT2D eigenvalue weighted by atomic mass is 10.1. The van der Waals surface area contributed by atoms with E-state index >= 15 is 0 Å². The molecule has 0 aliphatic carbocycles. The zero-order chi connectivity index (χ0) is 17.1. The Morgan fingerprint density at radius 3 is 2.79 bits per heavy atom. The van der Waals surface area contributed by atoms with Crippen LogP contribution in [0.3, 0.4) is 0 Å². The molecule has 0 atom stereocenters. The second kappa shape index (κ2) is 7.05. The van der Waals surface area contributed by atoms with Gasteiger partial charge in [-0.05, 0) is 48.2 Å². The first-order valence-electron chi connectivity index (χ1n) is 7.98. The molecule has 1 aliphatic heterocycles. The molecule has 4 nitrogen and oxygen atoms in total. The molecule has 0 spiro atoms. The molecule has 0 aromatic heterocycles. The maximum absolute atomic E-state index is 12.2. The Morgan fingerprint density at radius 2 is 2.04 bits per heavy atom. The first-order valence-corrected chi connectivity index (χ1v) is 8.36. The highest BCUT2D eigenvalue weighted by Crippen LogP contribution is 2.31. The maximum atomic E-state index is 12.2. The SMILES string of the molecule is CC(=O)N1CCc2ccc(NC(=O)CCc3cccc(Cl)c3)cc21. The lowest BCUT2D eigenvalue weighted by Crippen LogP contribution is -2.25. The van der Waals surface area contributed by atoms with Gasteiger partial charge in [-0.3, -0.25) is 9.59 Å². The number of aryl methyl sites for hydroxylation is 1. The second-order valence-electron chi connectivity index (χ2n) is 5.94. The van der Waals surface area contributed by atoms with Gasteiger partial charge in [0.05, 0.1) is 0 Å². The molecular weight excluding hydrogens is 324 g/mol. The van der Waals surface area contributed by atoms with Crippen LogP contribution in [0.5, 0.6) is 0 Å². The molecule has 5 heteroatoms. The third-order valence-electron chi connectivity index (χ3n) is 4.17. The van der Waals surface area contributed by atoms with Crippen molar-refractivity contribution in [2.45, 2.75) is 26.2 Å². The monoisotopic (exact) mass is 342 g/mol. The number of nitrogens with one attached hydrogen (secondary N) is 1. The zero-order valence-electron chi connectivity index (χ0n) is 13.5. The highest BCUT2D eigenvalue weighted by atomic mass is 35.5. The maximum Gasteiger partial charge on any atom is 0.224 e. The van der Waals surface area contributed by atoms with Crippen LogP contribution in [0.2, 0.25) is 5.02 Å². The fraction of sp³-hybridized carbons (Fsp3) is 0.263. The van der Waals surface area contributed by atoms with E-state index in [9.17, 15) is 9.59 Å². The Kier molecular flexibility index (Phi) is 4.86. The fourth-order valence-electron chi connectivity index (χ4n) is 2.96. The largest absolute Gasteiger partial charge is 0.326 e. The summed E-state index contributed by atoms with van der Waals surface area (Å²) < 4.78 is 0. The summed E-state index contributed by atoms with van der Waals surface area (Å²) in [4.78, 5) is 25.6. The topological polar surface area (TPSA) is 49.4 Å². The van der Waals surface area contributed by atoms with Gasteiger partial charge >= 0.3 is 0 Å². The molecule has 0 saturated carbocycles. The van der Waals surface area contributed by atoms with Gasteiger partial charge in [0.15, 0.2) is 0 Å². The number of anilines is 2. The average Bonchev–Trinajstić information content (AvgIpc) is 2.96. The summed E-state index contributed by atoms with van der Waals surface area (Å²) >= 11 is 5.95. The molecule has 1 heterocycles.